The van der Waals surface area contributed by atoms with Crippen LogP contribution in [-0.4, -0.2) is 11.2 Å². The fraction of sp³-hybridized carbons (Fsp3) is 0.273. The maximum absolute atomic E-state index is 11.5. The Morgan fingerprint density at radius 1 is 1.60 bits per heavy atom. The second-order valence-electron chi connectivity index (χ2n) is 3.46. The summed E-state index contributed by atoms with van der Waals surface area (Å²) in [6, 6.07) is 7.93. The molecule has 0 radical (unpaired) electrons. The summed E-state index contributed by atoms with van der Waals surface area (Å²) in [6.07, 6.45) is 0.254. The van der Waals surface area contributed by atoms with Gasteiger partial charge in [0.1, 0.15) is 5.25 Å². The van der Waals surface area contributed by atoms with Crippen molar-refractivity contribution in [3.8, 4) is 6.07 Å². The van der Waals surface area contributed by atoms with Gasteiger partial charge in [-0.1, -0.05) is 6.07 Å². The van der Waals surface area contributed by atoms with Gasteiger partial charge in [0.2, 0.25) is 5.91 Å². The minimum Gasteiger partial charge on any atom is -0.324 e. The number of hydrogen-bond donors (Lipinski definition) is 1. The summed E-state index contributed by atoms with van der Waals surface area (Å²) in [5, 5.41) is 11.1. The van der Waals surface area contributed by atoms with E-state index in [1.54, 1.807) is 0 Å². The molecule has 1 unspecified atom stereocenters. The quantitative estimate of drug-likeness (QED) is 0.787. The highest BCUT2D eigenvalue weighted by Crippen LogP contribution is 2.37. The lowest BCUT2D eigenvalue weighted by Crippen LogP contribution is -2.28. The van der Waals surface area contributed by atoms with Crippen LogP contribution in [-0.2, 0) is 4.79 Å². The topological polar surface area (TPSA) is 52.9 Å². The number of anilines is 1. The van der Waals surface area contributed by atoms with Crippen molar-refractivity contribution in [2.75, 3.05) is 5.32 Å². The molecule has 1 aromatic rings. The number of amides is 1. The van der Waals surface area contributed by atoms with E-state index in [-0.39, 0.29) is 17.6 Å². The van der Waals surface area contributed by atoms with Gasteiger partial charge in [0.25, 0.3) is 0 Å². The van der Waals surface area contributed by atoms with Crippen molar-refractivity contribution in [2.45, 2.75) is 23.5 Å². The van der Waals surface area contributed by atoms with Gasteiger partial charge in [-0.25, -0.2) is 0 Å². The van der Waals surface area contributed by atoms with Gasteiger partial charge in [-0.3, -0.25) is 4.79 Å². The van der Waals surface area contributed by atoms with E-state index in [1.165, 1.54) is 11.8 Å². The van der Waals surface area contributed by atoms with E-state index < -0.39 is 0 Å². The number of fused-ring (bicyclic) bond motifs is 1. The molecule has 0 aromatic heterocycles. The van der Waals surface area contributed by atoms with Crippen LogP contribution in [0.4, 0.5) is 5.69 Å². The van der Waals surface area contributed by atoms with E-state index in [0.717, 1.165) is 16.1 Å². The minimum atomic E-state index is -0.274. The summed E-state index contributed by atoms with van der Waals surface area (Å²) in [6.45, 7) is 2.01. The third-order valence-electron chi connectivity index (χ3n) is 2.23. The Balaban J connectivity index is 2.31. The molecule has 0 bridgehead atoms. The van der Waals surface area contributed by atoms with E-state index in [2.05, 4.69) is 5.32 Å². The Hall–Kier alpha value is -1.47. The van der Waals surface area contributed by atoms with Crippen molar-refractivity contribution < 1.29 is 4.79 Å². The lowest BCUT2D eigenvalue weighted by atomic mass is 10.2. The lowest BCUT2D eigenvalue weighted by molar-refractivity contribution is -0.115. The van der Waals surface area contributed by atoms with Crippen molar-refractivity contribution in [3.63, 3.8) is 0 Å². The summed E-state index contributed by atoms with van der Waals surface area (Å²) >= 11 is 1.47. The number of carbonyl (C=O) groups is 1. The minimum absolute atomic E-state index is 0.0714. The first-order chi connectivity index (χ1) is 7.20. The third-order valence-corrected chi connectivity index (χ3v) is 3.49. The maximum Gasteiger partial charge on any atom is 0.238 e. The standard InChI is InChI=1S/C11H10N2OS/c1-7-2-3-8-10(6-7)15-9(4-5-12)11(14)13-8/h2-3,6,9H,4H2,1H3,(H,13,14). The second kappa shape index (κ2) is 3.95. The molecule has 2 rings (SSSR count). The maximum atomic E-state index is 11.5. The third kappa shape index (κ3) is 1.97. The van der Waals surface area contributed by atoms with Crippen LogP contribution in [0.5, 0.6) is 0 Å². The SMILES string of the molecule is Cc1ccc2c(c1)SC(CC#N)C(=O)N2. The summed E-state index contributed by atoms with van der Waals surface area (Å²) in [7, 11) is 0. The Morgan fingerprint density at radius 2 is 2.40 bits per heavy atom. The molecule has 0 spiro atoms. The van der Waals surface area contributed by atoms with Gasteiger partial charge in [0, 0.05) is 4.90 Å². The van der Waals surface area contributed by atoms with Crippen LogP contribution in [0.2, 0.25) is 0 Å². The zero-order valence-electron chi connectivity index (χ0n) is 8.28. The molecule has 15 heavy (non-hydrogen) atoms. The van der Waals surface area contributed by atoms with Gasteiger partial charge >= 0.3 is 0 Å². The normalized spacial score (nSPS) is 18.9. The first-order valence-corrected chi connectivity index (χ1v) is 5.54. The molecular weight excluding hydrogens is 208 g/mol. The summed E-state index contributed by atoms with van der Waals surface area (Å²) in [4.78, 5) is 12.6. The summed E-state index contributed by atoms with van der Waals surface area (Å²) < 4.78 is 0. The van der Waals surface area contributed by atoms with Crippen LogP contribution in [0.1, 0.15) is 12.0 Å². The average molecular weight is 218 g/mol. The number of rotatable bonds is 1. The number of aryl methyl sites for hydroxylation is 1. The van der Waals surface area contributed by atoms with Crippen LogP contribution < -0.4 is 5.32 Å². The molecule has 0 fully saturated rings. The van der Waals surface area contributed by atoms with Crippen molar-refractivity contribution in [2.24, 2.45) is 0 Å². The second-order valence-corrected chi connectivity index (χ2v) is 4.70. The molecule has 3 nitrogen and oxygen atoms in total. The van der Waals surface area contributed by atoms with E-state index in [1.807, 2.05) is 31.2 Å². The van der Waals surface area contributed by atoms with Crippen molar-refractivity contribution in [1.29, 1.82) is 5.26 Å². The van der Waals surface area contributed by atoms with E-state index in [9.17, 15) is 4.79 Å². The van der Waals surface area contributed by atoms with E-state index >= 15 is 0 Å². The molecule has 1 heterocycles. The number of nitrogens with one attached hydrogen (secondary N) is 1. The average Bonchev–Trinajstić information content (AvgIpc) is 2.20. The number of benzene rings is 1. The predicted octanol–water partition coefficient (Wildman–Crippen LogP) is 2.32. The molecule has 1 N–H and O–H groups in total. The van der Waals surface area contributed by atoms with Gasteiger partial charge in [0.15, 0.2) is 0 Å². The van der Waals surface area contributed by atoms with Gasteiger partial charge in [-0.05, 0) is 24.6 Å². The number of nitriles is 1. The van der Waals surface area contributed by atoms with E-state index in [0.29, 0.717) is 0 Å². The Bertz CT molecular complexity index is 450. The molecular formula is C11H10N2OS. The van der Waals surface area contributed by atoms with Crippen molar-refractivity contribution in [3.05, 3.63) is 23.8 Å². The van der Waals surface area contributed by atoms with Gasteiger partial charge in [0.05, 0.1) is 18.2 Å². The Kier molecular flexibility index (Phi) is 2.65. The smallest absolute Gasteiger partial charge is 0.238 e. The van der Waals surface area contributed by atoms with Gasteiger partial charge in [-0.2, -0.15) is 5.26 Å². The highest BCUT2D eigenvalue weighted by atomic mass is 32.2. The molecule has 1 aromatic carbocycles. The molecule has 1 aliphatic rings. The number of thioether (sulfide) groups is 1. The van der Waals surface area contributed by atoms with Crippen LogP contribution in [0, 0.1) is 18.3 Å². The molecule has 1 amide bonds. The lowest BCUT2D eigenvalue weighted by Gasteiger charge is -2.22. The van der Waals surface area contributed by atoms with Crippen LogP contribution in [0.25, 0.3) is 0 Å². The summed E-state index contributed by atoms with van der Waals surface area (Å²) in [5.74, 6) is -0.0714. The Morgan fingerprint density at radius 3 is 3.13 bits per heavy atom. The zero-order valence-corrected chi connectivity index (χ0v) is 9.10. The zero-order chi connectivity index (χ0) is 10.8. The fourth-order valence-electron chi connectivity index (χ4n) is 1.47. The first kappa shape index (κ1) is 10.1. The molecule has 0 saturated heterocycles. The largest absolute Gasteiger partial charge is 0.324 e. The van der Waals surface area contributed by atoms with Gasteiger partial charge in [-0.15, -0.1) is 11.8 Å². The van der Waals surface area contributed by atoms with E-state index in [4.69, 9.17) is 5.26 Å². The highest BCUT2D eigenvalue weighted by molar-refractivity contribution is 8.01. The van der Waals surface area contributed by atoms with Crippen LogP contribution in [0.3, 0.4) is 0 Å². The van der Waals surface area contributed by atoms with Crippen molar-refractivity contribution >= 4 is 23.4 Å². The molecule has 76 valence electrons. The van der Waals surface area contributed by atoms with Crippen molar-refractivity contribution in [1.82, 2.24) is 0 Å². The van der Waals surface area contributed by atoms with Crippen LogP contribution >= 0.6 is 11.8 Å². The molecule has 0 aliphatic carbocycles. The summed E-state index contributed by atoms with van der Waals surface area (Å²) in [5.41, 5.74) is 2.01. The molecule has 4 heteroatoms. The Labute approximate surface area is 92.5 Å². The first-order valence-electron chi connectivity index (χ1n) is 4.66. The number of nitrogens with zero attached hydrogens (tertiary/aromatic N) is 1. The van der Waals surface area contributed by atoms with Gasteiger partial charge < -0.3 is 5.32 Å². The molecule has 0 saturated carbocycles. The highest BCUT2D eigenvalue weighted by Gasteiger charge is 2.26. The number of hydrogen-bond acceptors (Lipinski definition) is 3. The molecule has 1 aliphatic heterocycles. The number of carbonyl (C=O) groups excluding carboxylic acids is 1. The monoisotopic (exact) mass is 218 g/mol. The predicted molar refractivity (Wildman–Crippen MR) is 59.7 cm³/mol. The fourth-order valence-corrected chi connectivity index (χ4v) is 2.60. The van der Waals surface area contributed by atoms with Crippen LogP contribution in [0.15, 0.2) is 23.1 Å². The molecule has 1 atom stereocenters.